The Morgan fingerprint density at radius 2 is 1.97 bits per heavy atom. The fraction of sp³-hybridized carbons (Fsp3) is 0.261. The fourth-order valence-corrected chi connectivity index (χ4v) is 5.77. The molecule has 1 unspecified atom stereocenters. The van der Waals surface area contributed by atoms with Gasteiger partial charge in [0.05, 0.1) is 23.1 Å². The molecule has 172 valence electrons. The number of fused-ring (bicyclic) bond motifs is 1. The van der Waals surface area contributed by atoms with Crippen molar-refractivity contribution in [1.29, 1.82) is 5.26 Å². The molecular weight excluding hydrogens is 454 g/mol. The van der Waals surface area contributed by atoms with Crippen molar-refractivity contribution in [1.82, 2.24) is 29.3 Å². The average Bonchev–Trinajstić information content (AvgIpc) is 3.28. The molecule has 0 spiro atoms. The van der Waals surface area contributed by atoms with Gasteiger partial charge in [0.25, 0.3) is 5.56 Å². The van der Waals surface area contributed by atoms with E-state index in [-0.39, 0.29) is 28.4 Å². The van der Waals surface area contributed by atoms with E-state index in [0.717, 1.165) is 5.56 Å². The molecule has 10 nitrogen and oxygen atoms in total. The standard InChI is InChI=1S/C23H21N7O3S/c24-13-17-8-4-10-19(12-17)34(32,33)29-11-5-9-18(15-29)21-25-22-20(23(31)26-21)27-28-30(22)14-16-6-2-1-3-7-16/h1-4,6-8,10,12,18H,5,9,11,14-15H2,(H,25,26,31). The minimum atomic E-state index is -3.79. The molecule has 2 aromatic heterocycles. The Hall–Kier alpha value is -3.88. The van der Waals surface area contributed by atoms with Gasteiger partial charge in [-0.3, -0.25) is 4.79 Å². The van der Waals surface area contributed by atoms with Crippen LogP contribution in [0, 0.1) is 11.3 Å². The molecule has 1 N–H and O–H groups in total. The van der Waals surface area contributed by atoms with Crippen molar-refractivity contribution in [2.45, 2.75) is 30.2 Å². The van der Waals surface area contributed by atoms with E-state index in [9.17, 15) is 13.2 Å². The normalized spacial score (nSPS) is 17.0. The van der Waals surface area contributed by atoms with E-state index < -0.39 is 15.6 Å². The topological polar surface area (TPSA) is 138 Å². The smallest absolute Gasteiger partial charge is 0.281 e. The quantitative estimate of drug-likeness (QED) is 0.466. The summed E-state index contributed by atoms with van der Waals surface area (Å²) < 4.78 is 29.4. The highest BCUT2D eigenvalue weighted by molar-refractivity contribution is 7.89. The number of aromatic nitrogens is 5. The maximum absolute atomic E-state index is 13.2. The van der Waals surface area contributed by atoms with Crippen LogP contribution in [0.5, 0.6) is 0 Å². The van der Waals surface area contributed by atoms with Crippen LogP contribution in [0.4, 0.5) is 0 Å². The summed E-state index contributed by atoms with van der Waals surface area (Å²) in [6, 6.07) is 17.6. The van der Waals surface area contributed by atoms with Crippen LogP contribution in [0.15, 0.2) is 64.3 Å². The SMILES string of the molecule is N#Cc1cccc(S(=O)(=O)N2CCCC(c3nc4c(nnn4Cc4ccccc4)c(=O)[nH]3)C2)c1. The van der Waals surface area contributed by atoms with Crippen LogP contribution in [-0.2, 0) is 16.6 Å². The maximum atomic E-state index is 13.2. The second-order valence-corrected chi connectivity index (χ2v) is 10.1. The van der Waals surface area contributed by atoms with Crippen molar-refractivity contribution in [2.75, 3.05) is 13.1 Å². The number of nitrogens with zero attached hydrogens (tertiary/aromatic N) is 6. The Morgan fingerprint density at radius 1 is 1.15 bits per heavy atom. The number of hydrogen-bond donors (Lipinski definition) is 1. The summed E-state index contributed by atoms with van der Waals surface area (Å²) >= 11 is 0. The molecule has 34 heavy (non-hydrogen) atoms. The molecular formula is C23H21N7O3S. The largest absolute Gasteiger partial charge is 0.308 e. The van der Waals surface area contributed by atoms with E-state index in [1.165, 1.54) is 16.4 Å². The van der Waals surface area contributed by atoms with Gasteiger partial charge in [-0.15, -0.1) is 5.10 Å². The molecule has 0 bridgehead atoms. The minimum absolute atomic E-state index is 0.0780. The van der Waals surface area contributed by atoms with E-state index in [1.54, 1.807) is 16.8 Å². The number of hydrogen-bond acceptors (Lipinski definition) is 7. The Labute approximate surface area is 195 Å². The molecule has 0 aliphatic carbocycles. The summed E-state index contributed by atoms with van der Waals surface area (Å²) in [6.45, 7) is 0.942. The van der Waals surface area contributed by atoms with Gasteiger partial charge in [-0.05, 0) is 36.6 Å². The summed E-state index contributed by atoms with van der Waals surface area (Å²) in [4.78, 5) is 20.2. The number of H-pyrrole nitrogens is 1. The summed E-state index contributed by atoms with van der Waals surface area (Å²) in [5.41, 5.74) is 1.39. The first-order chi connectivity index (χ1) is 16.5. The highest BCUT2D eigenvalue weighted by Crippen LogP contribution is 2.29. The predicted molar refractivity (Wildman–Crippen MR) is 123 cm³/mol. The van der Waals surface area contributed by atoms with Crippen molar-refractivity contribution in [3.05, 3.63) is 81.9 Å². The van der Waals surface area contributed by atoms with E-state index in [4.69, 9.17) is 5.26 Å². The molecule has 2 aromatic carbocycles. The number of piperidine rings is 1. The second kappa shape index (κ2) is 8.81. The second-order valence-electron chi connectivity index (χ2n) is 8.20. The first kappa shape index (κ1) is 21.9. The van der Waals surface area contributed by atoms with Crippen molar-refractivity contribution < 1.29 is 8.42 Å². The van der Waals surface area contributed by atoms with E-state index in [1.807, 2.05) is 36.4 Å². The van der Waals surface area contributed by atoms with Crippen molar-refractivity contribution in [3.8, 4) is 6.07 Å². The van der Waals surface area contributed by atoms with Gasteiger partial charge in [0.2, 0.25) is 10.0 Å². The van der Waals surface area contributed by atoms with Gasteiger partial charge >= 0.3 is 0 Å². The summed E-state index contributed by atoms with van der Waals surface area (Å²) in [5.74, 6) is 0.125. The molecule has 1 aliphatic rings. The van der Waals surface area contributed by atoms with Crippen molar-refractivity contribution in [2.24, 2.45) is 0 Å². The Bertz CT molecular complexity index is 1550. The van der Waals surface area contributed by atoms with Crippen molar-refractivity contribution >= 4 is 21.2 Å². The highest BCUT2D eigenvalue weighted by atomic mass is 32.2. The van der Waals surface area contributed by atoms with Crippen LogP contribution < -0.4 is 5.56 Å². The molecule has 1 aliphatic heterocycles. The molecule has 1 atom stereocenters. The van der Waals surface area contributed by atoms with Crippen LogP contribution in [0.25, 0.3) is 11.2 Å². The Balaban J connectivity index is 1.46. The molecule has 5 rings (SSSR count). The molecule has 0 amide bonds. The van der Waals surface area contributed by atoms with Gasteiger partial charge in [0.15, 0.2) is 11.2 Å². The van der Waals surface area contributed by atoms with Gasteiger partial charge in [-0.2, -0.15) is 9.57 Å². The lowest BCUT2D eigenvalue weighted by Gasteiger charge is -2.31. The van der Waals surface area contributed by atoms with Crippen LogP contribution >= 0.6 is 0 Å². The molecule has 4 aromatic rings. The Morgan fingerprint density at radius 3 is 2.76 bits per heavy atom. The zero-order valence-electron chi connectivity index (χ0n) is 18.1. The van der Waals surface area contributed by atoms with Crippen LogP contribution in [0.2, 0.25) is 0 Å². The first-order valence-corrected chi connectivity index (χ1v) is 12.3. The zero-order valence-corrected chi connectivity index (χ0v) is 18.9. The molecule has 0 saturated carbocycles. The number of nitrogens with one attached hydrogen (secondary N) is 1. The monoisotopic (exact) mass is 475 g/mol. The summed E-state index contributed by atoms with van der Waals surface area (Å²) in [7, 11) is -3.79. The number of aromatic amines is 1. The van der Waals surface area contributed by atoms with E-state index >= 15 is 0 Å². The number of sulfonamides is 1. The van der Waals surface area contributed by atoms with Crippen LogP contribution in [0.3, 0.4) is 0 Å². The minimum Gasteiger partial charge on any atom is -0.308 e. The zero-order chi connectivity index (χ0) is 23.7. The third-order valence-corrected chi connectivity index (χ3v) is 7.80. The third kappa shape index (κ3) is 4.09. The molecule has 0 radical (unpaired) electrons. The van der Waals surface area contributed by atoms with Crippen LogP contribution in [-0.4, -0.2) is 50.8 Å². The van der Waals surface area contributed by atoms with E-state index in [2.05, 4.69) is 20.3 Å². The lowest BCUT2D eigenvalue weighted by Crippen LogP contribution is -2.39. The molecule has 11 heteroatoms. The van der Waals surface area contributed by atoms with Gasteiger partial charge in [0.1, 0.15) is 5.82 Å². The Kier molecular flexibility index (Phi) is 5.69. The molecule has 1 saturated heterocycles. The molecule has 3 heterocycles. The predicted octanol–water partition coefficient (Wildman–Crippen LogP) is 2.00. The van der Waals surface area contributed by atoms with Gasteiger partial charge in [-0.1, -0.05) is 41.6 Å². The lowest BCUT2D eigenvalue weighted by molar-refractivity contribution is 0.309. The highest BCUT2D eigenvalue weighted by Gasteiger charge is 2.32. The number of benzene rings is 2. The third-order valence-electron chi connectivity index (χ3n) is 5.94. The van der Waals surface area contributed by atoms with E-state index in [0.29, 0.717) is 37.4 Å². The average molecular weight is 476 g/mol. The maximum Gasteiger partial charge on any atom is 0.281 e. The number of nitriles is 1. The van der Waals surface area contributed by atoms with Crippen LogP contribution in [0.1, 0.15) is 35.7 Å². The fourth-order valence-electron chi connectivity index (χ4n) is 4.20. The number of rotatable bonds is 5. The van der Waals surface area contributed by atoms with Crippen molar-refractivity contribution in [3.63, 3.8) is 0 Å². The lowest BCUT2D eigenvalue weighted by atomic mass is 9.99. The first-order valence-electron chi connectivity index (χ1n) is 10.8. The molecule has 1 fully saturated rings. The summed E-state index contributed by atoms with van der Waals surface area (Å²) in [5, 5.41) is 17.2. The summed E-state index contributed by atoms with van der Waals surface area (Å²) in [6.07, 6.45) is 1.30. The van der Waals surface area contributed by atoms with Gasteiger partial charge in [-0.25, -0.2) is 18.1 Å². The van der Waals surface area contributed by atoms with Gasteiger partial charge in [0, 0.05) is 19.0 Å². The van der Waals surface area contributed by atoms with Gasteiger partial charge < -0.3 is 4.98 Å².